The summed E-state index contributed by atoms with van der Waals surface area (Å²) < 4.78 is 5.56. The van der Waals surface area contributed by atoms with E-state index in [9.17, 15) is 4.79 Å². The van der Waals surface area contributed by atoms with Crippen molar-refractivity contribution in [3.05, 3.63) is 13.5 Å². The second-order valence-electron chi connectivity index (χ2n) is 2.01. The summed E-state index contributed by atoms with van der Waals surface area (Å²) in [4.78, 5) is 13.3. The topological polar surface area (TPSA) is 45.8 Å². The van der Waals surface area contributed by atoms with Crippen LogP contribution in [-0.4, -0.2) is 13.3 Å². The first kappa shape index (κ1) is 8.19. The molecule has 1 aromatic rings. The molecule has 0 aliphatic rings. The summed E-state index contributed by atoms with van der Waals surface area (Å²) in [6.07, 6.45) is 0. The first-order valence-electron chi connectivity index (χ1n) is 2.88. The molecule has 0 spiro atoms. The number of H-pyrrole nitrogens is 1. The van der Waals surface area contributed by atoms with Crippen molar-refractivity contribution >= 4 is 11.5 Å². The Balaban J connectivity index is 2.67. The molecule has 5 heteroatoms. The Morgan fingerprint density at radius 2 is 2.40 bits per heavy atom. The standard InChI is InChI=1S/C5H8IN2OS/c1-3(2)6-4-7-5(9)10-8-4/h3H,1-2H3,(H,7,8,9)/q-1. The molecule has 0 unspecified atom stereocenters. The van der Waals surface area contributed by atoms with Crippen molar-refractivity contribution in [2.75, 3.05) is 0 Å². The van der Waals surface area contributed by atoms with Gasteiger partial charge in [0.15, 0.2) is 0 Å². The maximum absolute atomic E-state index is 10.6. The molecular weight excluding hydrogens is 263 g/mol. The van der Waals surface area contributed by atoms with Gasteiger partial charge in [0.1, 0.15) is 0 Å². The van der Waals surface area contributed by atoms with Crippen molar-refractivity contribution in [1.82, 2.24) is 9.36 Å². The molecule has 1 aromatic heterocycles. The Morgan fingerprint density at radius 1 is 1.70 bits per heavy atom. The van der Waals surface area contributed by atoms with E-state index < -0.39 is 0 Å². The molecule has 0 bridgehead atoms. The summed E-state index contributed by atoms with van der Waals surface area (Å²) >= 11 is 0.944. The van der Waals surface area contributed by atoms with Crippen molar-refractivity contribution in [3.8, 4) is 0 Å². The number of hydrogen-bond donors (Lipinski definition) is 1. The van der Waals surface area contributed by atoms with Gasteiger partial charge in [-0.05, 0) is 0 Å². The third-order valence-electron chi connectivity index (χ3n) is 0.735. The van der Waals surface area contributed by atoms with Crippen LogP contribution in [-0.2, 0) is 0 Å². The van der Waals surface area contributed by atoms with Gasteiger partial charge in [0, 0.05) is 0 Å². The molecule has 1 N–H and O–H groups in total. The van der Waals surface area contributed by atoms with Crippen LogP contribution in [0.2, 0.25) is 0 Å². The third-order valence-corrected chi connectivity index (χ3v) is 3.95. The Bertz CT molecular complexity index is 254. The fraction of sp³-hybridized carbons (Fsp3) is 0.600. The van der Waals surface area contributed by atoms with Crippen molar-refractivity contribution in [1.29, 1.82) is 0 Å². The van der Waals surface area contributed by atoms with Gasteiger partial charge in [0.2, 0.25) is 0 Å². The summed E-state index contributed by atoms with van der Waals surface area (Å²) in [6, 6.07) is 0. The van der Waals surface area contributed by atoms with Crippen molar-refractivity contribution < 1.29 is 21.2 Å². The average molecular weight is 271 g/mol. The van der Waals surface area contributed by atoms with Crippen LogP contribution in [0.25, 0.3) is 0 Å². The maximum atomic E-state index is 10.6. The molecule has 0 fully saturated rings. The zero-order valence-corrected chi connectivity index (χ0v) is 8.69. The molecule has 0 amide bonds. The number of aromatic amines is 1. The van der Waals surface area contributed by atoms with E-state index in [1.54, 1.807) is 0 Å². The predicted molar refractivity (Wildman–Crippen MR) is 36.6 cm³/mol. The number of rotatable bonds is 2. The van der Waals surface area contributed by atoms with Crippen LogP contribution < -0.4 is 26.1 Å². The van der Waals surface area contributed by atoms with Crippen LogP contribution in [0.5, 0.6) is 0 Å². The van der Waals surface area contributed by atoms with Crippen LogP contribution in [0.4, 0.5) is 0 Å². The molecule has 0 saturated carbocycles. The van der Waals surface area contributed by atoms with E-state index in [-0.39, 0.29) is 26.1 Å². The predicted octanol–water partition coefficient (Wildman–Crippen LogP) is -2.50. The molecule has 10 heavy (non-hydrogen) atoms. The molecular formula is C5H8IN2OS-. The van der Waals surface area contributed by atoms with E-state index >= 15 is 0 Å². The minimum absolute atomic E-state index is 0.0321. The Morgan fingerprint density at radius 3 is 2.80 bits per heavy atom. The number of aromatic nitrogens is 2. The Hall–Kier alpha value is 0.0900. The van der Waals surface area contributed by atoms with Crippen LogP contribution in [0, 0.1) is 3.83 Å². The molecule has 0 saturated heterocycles. The molecule has 0 aromatic carbocycles. The molecule has 1 heterocycles. The molecule has 0 atom stereocenters. The van der Waals surface area contributed by atoms with Gasteiger partial charge in [0.25, 0.3) is 0 Å². The van der Waals surface area contributed by atoms with Gasteiger partial charge >= 0.3 is 73.4 Å². The van der Waals surface area contributed by atoms with Gasteiger partial charge in [-0.15, -0.1) is 0 Å². The van der Waals surface area contributed by atoms with Crippen LogP contribution >= 0.6 is 11.5 Å². The zero-order valence-electron chi connectivity index (χ0n) is 5.72. The summed E-state index contributed by atoms with van der Waals surface area (Å²) in [7, 11) is 0. The summed E-state index contributed by atoms with van der Waals surface area (Å²) in [6.45, 7) is 4.29. The van der Waals surface area contributed by atoms with Gasteiger partial charge in [-0.1, -0.05) is 0 Å². The monoisotopic (exact) mass is 271 g/mol. The first-order chi connectivity index (χ1) is 4.68. The van der Waals surface area contributed by atoms with E-state index in [0.717, 1.165) is 15.4 Å². The van der Waals surface area contributed by atoms with Gasteiger partial charge in [0.05, 0.1) is 0 Å². The number of nitrogens with one attached hydrogen (secondary N) is 1. The van der Waals surface area contributed by atoms with Gasteiger partial charge in [-0.2, -0.15) is 0 Å². The zero-order chi connectivity index (χ0) is 7.56. The summed E-state index contributed by atoms with van der Waals surface area (Å²) in [5, 5.41) is 0. The summed E-state index contributed by atoms with van der Waals surface area (Å²) in [5.41, 5.74) is 0. The SMILES string of the molecule is CC(C)[I-]c1nsc(=O)[nH]1. The normalized spacial score (nSPS) is 11.1. The number of halogens is 1. The quantitative estimate of drug-likeness (QED) is 0.477. The van der Waals surface area contributed by atoms with Gasteiger partial charge in [-0.25, -0.2) is 0 Å². The van der Waals surface area contributed by atoms with E-state index in [1.165, 1.54) is 0 Å². The van der Waals surface area contributed by atoms with E-state index in [0.29, 0.717) is 3.92 Å². The van der Waals surface area contributed by atoms with Gasteiger partial charge in [-0.3, -0.25) is 0 Å². The van der Waals surface area contributed by atoms with Crippen molar-refractivity contribution in [2.45, 2.75) is 17.8 Å². The van der Waals surface area contributed by atoms with E-state index in [1.807, 2.05) is 0 Å². The Labute approximate surface area is 73.3 Å². The third kappa shape index (κ3) is 2.37. The van der Waals surface area contributed by atoms with Crippen LogP contribution in [0.15, 0.2) is 4.79 Å². The van der Waals surface area contributed by atoms with Crippen LogP contribution in [0.1, 0.15) is 13.8 Å². The minimum atomic E-state index is -0.0683. The second-order valence-corrected chi connectivity index (χ2v) is 6.88. The number of nitrogens with zero attached hydrogens (tertiary/aromatic N) is 1. The molecule has 1 rings (SSSR count). The van der Waals surface area contributed by atoms with E-state index in [4.69, 9.17) is 0 Å². The molecule has 0 aliphatic carbocycles. The van der Waals surface area contributed by atoms with Gasteiger partial charge < -0.3 is 0 Å². The molecule has 0 aliphatic heterocycles. The molecule has 0 radical (unpaired) electrons. The summed E-state index contributed by atoms with van der Waals surface area (Å²) in [5.74, 6) is 0. The van der Waals surface area contributed by atoms with Crippen molar-refractivity contribution in [3.63, 3.8) is 0 Å². The van der Waals surface area contributed by atoms with E-state index in [2.05, 4.69) is 23.2 Å². The average Bonchev–Trinajstić information content (AvgIpc) is 2.13. The Kier molecular flexibility index (Phi) is 2.84. The second kappa shape index (κ2) is 3.47. The number of alkyl halides is 1. The number of hydrogen-bond acceptors (Lipinski definition) is 3. The van der Waals surface area contributed by atoms with Crippen LogP contribution in [0.3, 0.4) is 0 Å². The first-order valence-corrected chi connectivity index (χ1v) is 5.97. The molecule has 3 nitrogen and oxygen atoms in total. The fourth-order valence-electron chi connectivity index (χ4n) is 0.465. The van der Waals surface area contributed by atoms with Crippen molar-refractivity contribution in [2.24, 2.45) is 0 Å². The molecule has 58 valence electrons. The fourth-order valence-corrected chi connectivity index (χ4v) is 3.26.